The van der Waals surface area contributed by atoms with Crippen molar-refractivity contribution in [2.75, 3.05) is 32.8 Å². The number of alkyl halides is 2. The largest absolute Gasteiger partial charge is 0.497 e. The van der Waals surface area contributed by atoms with E-state index >= 15 is 8.78 Å². The smallest absolute Gasteiger partial charge is 0.351 e. The molecule has 11 heteroatoms. The van der Waals surface area contributed by atoms with Crippen molar-refractivity contribution in [3.63, 3.8) is 0 Å². The second-order valence-corrected chi connectivity index (χ2v) is 13.5. The average molecular weight is 760 g/mol. The van der Waals surface area contributed by atoms with Crippen LogP contribution < -0.4 is 20.5 Å². The lowest BCUT2D eigenvalue weighted by Crippen LogP contribution is -2.49. The van der Waals surface area contributed by atoms with Crippen LogP contribution in [0.2, 0.25) is 0 Å². The van der Waals surface area contributed by atoms with Gasteiger partial charge in [-0.25, -0.2) is 13.6 Å². The lowest BCUT2D eigenvalue weighted by Gasteiger charge is -2.37. The van der Waals surface area contributed by atoms with E-state index in [1.807, 2.05) is 140 Å². The van der Waals surface area contributed by atoms with Crippen molar-refractivity contribution >= 4 is 5.82 Å². The molecule has 0 amide bonds. The number of hydrogen-bond acceptors (Lipinski definition) is 8. The number of ether oxygens (including phenoxy) is 5. The molecule has 0 unspecified atom stereocenters. The van der Waals surface area contributed by atoms with Gasteiger partial charge in [-0.15, -0.1) is 0 Å². The maximum Gasteiger partial charge on any atom is 0.351 e. The molecule has 7 rings (SSSR count). The molecule has 0 radical (unpaired) electrons. The number of aromatic nitrogens is 2. The molecule has 1 saturated heterocycles. The predicted molar refractivity (Wildman–Crippen MR) is 209 cm³/mol. The Bertz CT molecular complexity index is 2160. The van der Waals surface area contributed by atoms with E-state index in [4.69, 9.17) is 23.7 Å². The van der Waals surface area contributed by atoms with E-state index in [1.54, 1.807) is 20.3 Å². The number of hydrogen-bond donors (Lipinski definition) is 1. The summed E-state index contributed by atoms with van der Waals surface area (Å²) in [6.07, 6.45) is -3.51. The van der Waals surface area contributed by atoms with E-state index in [0.717, 1.165) is 32.4 Å². The third-order valence-electron chi connectivity index (χ3n) is 10.1. The van der Waals surface area contributed by atoms with Crippen molar-refractivity contribution in [1.29, 1.82) is 0 Å². The Kier molecular flexibility index (Phi) is 11.9. The Labute approximate surface area is 324 Å². The number of anilines is 1. The topological polar surface area (TPSA) is 93.1 Å². The summed E-state index contributed by atoms with van der Waals surface area (Å²) in [4.78, 5) is 18.4. The molecule has 0 saturated carbocycles. The molecule has 1 aliphatic heterocycles. The number of methoxy groups -OCH3 is 2. The Morgan fingerprint density at radius 1 is 0.732 bits per heavy atom. The van der Waals surface area contributed by atoms with Crippen molar-refractivity contribution in [3.8, 4) is 11.5 Å². The van der Waals surface area contributed by atoms with Gasteiger partial charge in [0.1, 0.15) is 35.6 Å². The van der Waals surface area contributed by atoms with Crippen molar-refractivity contribution in [2.24, 2.45) is 0 Å². The van der Waals surface area contributed by atoms with Gasteiger partial charge in [-0.3, -0.25) is 4.57 Å². The highest BCUT2D eigenvalue weighted by Crippen LogP contribution is 2.43. The van der Waals surface area contributed by atoms with Gasteiger partial charge in [0.05, 0.1) is 34.0 Å². The predicted octanol–water partition coefficient (Wildman–Crippen LogP) is 8.04. The number of rotatable bonds is 16. The number of benzene rings is 5. The Hall–Kier alpha value is -5.88. The summed E-state index contributed by atoms with van der Waals surface area (Å²) >= 11 is 0. The molecule has 1 aliphatic rings. The van der Waals surface area contributed by atoms with E-state index in [1.165, 1.54) is 6.20 Å². The van der Waals surface area contributed by atoms with Crippen molar-refractivity contribution < 1.29 is 32.5 Å². The van der Waals surface area contributed by atoms with E-state index in [-0.39, 0.29) is 25.6 Å². The van der Waals surface area contributed by atoms with E-state index in [2.05, 4.69) is 10.3 Å². The number of nitrogens with one attached hydrogen (secondary N) is 1. The molecule has 288 valence electrons. The number of nitrogens with zero attached hydrogens (tertiary/aromatic N) is 2. The van der Waals surface area contributed by atoms with Crippen LogP contribution in [0.5, 0.6) is 11.5 Å². The summed E-state index contributed by atoms with van der Waals surface area (Å²) in [6, 6.07) is 45.1. The standard InChI is InChI=1S/C45H43F2N3O6/c1-52-37-22-18-35(19-23-37)45(34-16-10-5-11-17-34,36-20-24-38(53-2)25-21-36)49-39-26-27-50(43(51)48-39)42-40(47)41(55-29-33-14-8-4-9-15-33)44(30-46,56-42)31-54-28-32-12-6-3-7-13-32/h3-27,40-42H,28-31H2,1-2H3,(H,48,49,51)/t40-,41+,42-,44-/m1/s1. The fourth-order valence-electron chi connectivity index (χ4n) is 7.16. The maximum absolute atomic E-state index is 16.7. The fraction of sp³-hybridized carbons (Fsp3) is 0.244. The van der Waals surface area contributed by atoms with Crippen molar-refractivity contribution in [1.82, 2.24) is 9.55 Å². The van der Waals surface area contributed by atoms with Gasteiger partial charge in [-0.1, -0.05) is 115 Å². The van der Waals surface area contributed by atoms with Crippen molar-refractivity contribution in [2.45, 2.75) is 42.9 Å². The first-order chi connectivity index (χ1) is 27.4. The molecule has 5 aromatic carbocycles. The van der Waals surface area contributed by atoms with Gasteiger partial charge >= 0.3 is 5.69 Å². The van der Waals surface area contributed by atoms with Crippen LogP contribution in [0.25, 0.3) is 0 Å². The summed E-state index contributed by atoms with van der Waals surface area (Å²) in [6.45, 7) is -1.30. The van der Waals surface area contributed by atoms with Gasteiger partial charge in [-0.05, 0) is 58.1 Å². The van der Waals surface area contributed by atoms with Crippen LogP contribution in [0, 0.1) is 0 Å². The first-order valence-corrected chi connectivity index (χ1v) is 18.3. The molecule has 56 heavy (non-hydrogen) atoms. The first-order valence-electron chi connectivity index (χ1n) is 18.3. The Morgan fingerprint density at radius 2 is 1.25 bits per heavy atom. The minimum atomic E-state index is -1.95. The Morgan fingerprint density at radius 3 is 1.77 bits per heavy atom. The van der Waals surface area contributed by atoms with Crippen LogP contribution in [-0.2, 0) is 33.0 Å². The molecule has 0 bridgehead atoms. The van der Waals surface area contributed by atoms with Crippen LogP contribution in [-0.4, -0.2) is 54.9 Å². The van der Waals surface area contributed by atoms with Crippen LogP contribution in [0.3, 0.4) is 0 Å². The second-order valence-electron chi connectivity index (χ2n) is 13.5. The third-order valence-corrected chi connectivity index (χ3v) is 10.1. The fourth-order valence-corrected chi connectivity index (χ4v) is 7.16. The molecular formula is C45H43F2N3O6. The Balaban J connectivity index is 1.24. The van der Waals surface area contributed by atoms with Crippen LogP contribution >= 0.6 is 0 Å². The first kappa shape index (κ1) is 38.4. The van der Waals surface area contributed by atoms with Gasteiger partial charge in [0.2, 0.25) is 0 Å². The lowest BCUT2D eigenvalue weighted by atomic mass is 9.77. The second kappa shape index (κ2) is 17.3. The highest BCUT2D eigenvalue weighted by atomic mass is 19.1. The molecule has 1 N–H and O–H groups in total. The third kappa shape index (κ3) is 7.92. The SMILES string of the molecule is COc1ccc(C(Nc2ccn([C@@H]3O[C@](CF)(COCc4ccccc4)[C@@H](OCc4ccccc4)[C@H]3F)c(=O)n2)(c2ccccc2)c2ccc(OC)cc2)cc1. The van der Waals surface area contributed by atoms with E-state index in [9.17, 15) is 4.79 Å². The molecule has 2 heterocycles. The quantitative estimate of drug-likeness (QED) is 0.0993. The molecule has 1 aromatic heterocycles. The maximum atomic E-state index is 16.7. The van der Waals surface area contributed by atoms with E-state index in [0.29, 0.717) is 11.5 Å². The summed E-state index contributed by atoms with van der Waals surface area (Å²) in [7, 11) is 3.20. The summed E-state index contributed by atoms with van der Waals surface area (Å²) in [5.74, 6) is 1.55. The molecule has 0 spiro atoms. The van der Waals surface area contributed by atoms with Crippen LogP contribution in [0.4, 0.5) is 14.6 Å². The monoisotopic (exact) mass is 759 g/mol. The van der Waals surface area contributed by atoms with Gasteiger partial charge in [-0.2, -0.15) is 4.98 Å². The molecular weight excluding hydrogens is 717 g/mol. The highest BCUT2D eigenvalue weighted by molar-refractivity contribution is 5.59. The van der Waals surface area contributed by atoms with Crippen molar-refractivity contribution in [3.05, 3.63) is 190 Å². The van der Waals surface area contributed by atoms with Gasteiger partial charge in [0, 0.05) is 6.20 Å². The summed E-state index contributed by atoms with van der Waals surface area (Å²) in [5.41, 5.74) is 0.389. The molecule has 1 fully saturated rings. The number of halogens is 2. The molecule has 9 nitrogen and oxygen atoms in total. The van der Waals surface area contributed by atoms with Crippen LogP contribution in [0.1, 0.15) is 34.0 Å². The average Bonchev–Trinajstić information content (AvgIpc) is 3.53. The van der Waals surface area contributed by atoms with Gasteiger partial charge in [0.25, 0.3) is 0 Å². The highest BCUT2D eigenvalue weighted by Gasteiger charge is 2.58. The zero-order chi connectivity index (χ0) is 39.0. The molecule has 0 aliphatic carbocycles. The minimum absolute atomic E-state index is 0.00324. The summed E-state index contributed by atoms with van der Waals surface area (Å²) in [5, 5.41) is 3.56. The lowest BCUT2D eigenvalue weighted by molar-refractivity contribution is -0.165. The zero-order valence-corrected chi connectivity index (χ0v) is 31.1. The normalized spacial score (nSPS) is 19.4. The molecule has 6 aromatic rings. The van der Waals surface area contributed by atoms with E-state index < -0.39 is 42.0 Å². The van der Waals surface area contributed by atoms with Gasteiger partial charge < -0.3 is 29.0 Å². The summed E-state index contributed by atoms with van der Waals surface area (Å²) < 4.78 is 62.1. The zero-order valence-electron chi connectivity index (χ0n) is 31.1. The van der Waals surface area contributed by atoms with Crippen LogP contribution in [0.15, 0.2) is 157 Å². The minimum Gasteiger partial charge on any atom is -0.497 e. The van der Waals surface area contributed by atoms with Gasteiger partial charge in [0.15, 0.2) is 18.0 Å². The molecule has 4 atom stereocenters.